The number of hydrogen-bond acceptors (Lipinski definition) is 5. The number of rotatable bonds is 4. The lowest BCUT2D eigenvalue weighted by molar-refractivity contribution is -0.193. The lowest BCUT2D eigenvalue weighted by atomic mass is 9.80. The van der Waals surface area contributed by atoms with E-state index < -0.39 is 17.2 Å². The highest BCUT2D eigenvalue weighted by atomic mass is 79.9. The van der Waals surface area contributed by atoms with Crippen molar-refractivity contribution in [3.63, 3.8) is 0 Å². The van der Waals surface area contributed by atoms with Crippen LogP contribution < -0.4 is 0 Å². The van der Waals surface area contributed by atoms with Crippen LogP contribution in [0.25, 0.3) is 0 Å². The maximum absolute atomic E-state index is 13.1. The molecule has 1 amide bonds. The highest BCUT2D eigenvalue weighted by molar-refractivity contribution is 9.09. The number of ether oxygens (including phenoxy) is 2. The van der Waals surface area contributed by atoms with E-state index >= 15 is 0 Å². The predicted molar refractivity (Wildman–Crippen MR) is 104 cm³/mol. The fourth-order valence-electron chi connectivity index (χ4n) is 3.41. The van der Waals surface area contributed by atoms with Gasteiger partial charge in [-0.05, 0) is 26.3 Å². The van der Waals surface area contributed by atoms with Crippen molar-refractivity contribution >= 4 is 39.6 Å². The molecule has 2 heterocycles. The van der Waals surface area contributed by atoms with Gasteiger partial charge in [-0.1, -0.05) is 36.7 Å². The Labute approximate surface area is 163 Å². The molecule has 7 heteroatoms. The molecule has 0 unspecified atom stereocenters. The molecule has 0 radical (unpaired) electrons. The number of hydrogen-bond donors (Lipinski definition) is 0. The van der Waals surface area contributed by atoms with Crippen LogP contribution in [0.15, 0.2) is 11.3 Å². The molecule has 0 spiro atoms. The molecule has 2 rings (SSSR count). The number of halogens is 1. The van der Waals surface area contributed by atoms with Gasteiger partial charge >= 0.3 is 5.97 Å². The Morgan fingerprint density at radius 3 is 2.36 bits per heavy atom. The highest BCUT2D eigenvalue weighted by Crippen LogP contribution is 2.53. The zero-order valence-electron chi connectivity index (χ0n) is 16.1. The van der Waals surface area contributed by atoms with E-state index in [2.05, 4.69) is 36.7 Å². The molecule has 0 aromatic carbocycles. The number of alkyl halides is 1. The van der Waals surface area contributed by atoms with Crippen LogP contribution in [-0.4, -0.2) is 51.5 Å². The number of allylic oxidation sites excluding steroid dienone is 1. The van der Waals surface area contributed by atoms with E-state index in [4.69, 9.17) is 9.47 Å². The van der Waals surface area contributed by atoms with Crippen molar-refractivity contribution in [3.8, 4) is 0 Å². The fraction of sp³-hybridized carbons (Fsp3) is 0.778. The summed E-state index contributed by atoms with van der Waals surface area (Å²) in [4.78, 5) is 27.3. The standard InChI is InChI=1S/C18H28BrNO4S/c1-16(2,3)13-11(9-19)10-25-15-18(23-7,14(22)20(13)15)8-12(21)24-17(4,5)6/h15H,8-10H2,1-7H3/t15-,18-/m0/s1. The molecule has 1 fully saturated rings. The zero-order valence-corrected chi connectivity index (χ0v) is 18.5. The Kier molecular flexibility index (Phi) is 5.73. The first-order valence-corrected chi connectivity index (χ1v) is 10.5. The predicted octanol–water partition coefficient (Wildman–Crippen LogP) is 3.71. The van der Waals surface area contributed by atoms with Crippen LogP contribution in [0.1, 0.15) is 48.0 Å². The fourth-order valence-corrected chi connectivity index (χ4v) is 5.64. The van der Waals surface area contributed by atoms with Gasteiger partial charge in [0.2, 0.25) is 0 Å². The second-order valence-corrected chi connectivity index (χ2v) is 10.2. The third kappa shape index (κ3) is 3.78. The Balaban J connectivity index is 2.31. The van der Waals surface area contributed by atoms with Gasteiger partial charge in [0.15, 0.2) is 5.60 Å². The molecular weight excluding hydrogens is 406 g/mol. The number of carbonyl (C=O) groups excluding carboxylic acids is 2. The van der Waals surface area contributed by atoms with Crippen molar-refractivity contribution in [1.82, 2.24) is 4.90 Å². The van der Waals surface area contributed by atoms with Gasteiger partial charge in [-0.2, -0.15) is 0 Å². The first-order valence-electron chi connectivity index (χ1n) is 8.38. The van der Waals surface area contributed by atoms with Crippen molar-refractivity contribution in [3.05, 3.63) is 11.3 Å². The Hall–Kier alpha value is -0.530. The lowest BCUT2D eigenvalue weighted by Crippen LogP contribution is -2.75. The van der Waals surface area contributed by atoms with Crippen molar-refractivity contribution in [2.75, 3.05) is 18.2 Å². The van der Waals surface area contributed by atoms with E-state index in [1.165, 1.54) is 12.7 Å². The van der Waals surface area contributed by atoms with Crippen LogP contribution in [0, 0.1) is 5.41 Å². The number of fused-ring (bicyclic) bond motifs is 1. The highest BCUT2D eigenvalue weighted by Gasteiger charge is 2.66. The maximum atomic E-state index is 13.1. The molecule has 142 valence electrons. The van der Waals surface area contributed by atoms with Crippen LogP contribution in [-0.2, 0) is 19.1 Å². The molecule has 1 saturated heterocycles. The number of nitrogens with zero attached hydrogens (tertiary/aromatic N) is 1. The molecule has 25 heavy (non-hydrogen) atoms. The molecule has 2 aliphatic heterocycles. The summed E-state index contributed by atoms with van der Waals surface area (Å²) in [6, 6.07) is 0. The van der Waals surface area contributed by atoms with Gasteiger partial charge in [-0.15, -0.1) is 11.8 Å². The van der Waals surface area contributed by atoms with Crippen molar-refractivity contribution in [1.29, 1.82) is 0 Å². The molecule has 5 nitrogen and oxygen atoms in total. The number of methoxy groups -OCH3 is 1. The Bertz CT molecular complexity index is 605. The molecular formula is C18H28BrNO4S. The molecule has 0 aromatic rings. The largest absolute Gasteiger partial charge is 0.460 e. The average molecular weight is 434 g/mol. The monoisotopic (exact) mass is 433 g/mol. The molecule has 2 aliphatic rings. The first kappa shape index (κ1) is 20.8. The third-order valence-electron chi connectivity index (χ3n) is 4.27. The minimum Gasteiger partial charge on any atom is -0.460 e. The Morgan fingerprint density at radius 1 is 1.32 bits per heavy atom. The summed E-state index contributed by atoms with van der Waals surface area (Å²) in [5.41, 5.74) is 0.363. The van der Waals surface area contributed by atoms with E-state index in [0.717, 1.165) is 16.8 Å². The summed E-state index contributed by atoms with van der Waals surface area (Å²) in [5, 5.41) is 0.532. The summed E-state index contributed by atoms with van der Waals surface area (Å²) in [5.74, 6) is 0.253. The molecule has 0 N–H and O–H groups in total. The minimum atomic E-state index is -1.14. The summed E-state index contributed by atoms with van der Waals surface area (Å²) in [6.45, 7) is 11.8. The van der Waals surface area contributed by atoms with Gasteiger partial charge in [0.1, 0.15) is 11.0 Å². The van der Waals surface area contributed by atoms with E-state index in [1.807, 2.05) is 25.7 Å². The van der Waals surface area contributed by atoms with Gasteiger partial charge in [0.05, 0.1) is 6.42 Å². The number of β-lactam (4-membered cyclic amide) rings is 1. The summed E-state index contributed by atoms with van der Waals surface area (Å²) in [7, 11) is 1.50. The number of amides is 1. The summed E-state index contributed by atoms with van der Waals surface area (Å²) < 4.78 is 11.0. The van der Waals surface area contributed by atoms with Gasteiger partial charge in [0, 0.05) is 29.3 Å². The minimum absolute atomic E-state index is 0.0607. The van der Waals surface area contributed by atoms with Gasteiger partial charge in [0.25, 0.3) is 5.91 Å². The van der Waals surface area contributed by atoms with Gasteiger partial charge < -0.3 is 9.47 Å². The van der Waals surface area contributed by atoms with Crippen LogP contribution in [0.2, 0.25) is 0 Å². The topological polar surface area (TPSA) is 55.8 Å². The normalized spacial score (nSPS) is 27.1. The summed E-state index contributed by atoms with van der Waals surface area (Å²) in [6.07, 6.45) is -0.0607. The van der Waals surface area contributed by atoms with Crippen molar-refractivity contribution < 1.29 is 19.1 Å². The van der Waals surface area contributed by atoms with E-state index in [0.29, 0.717) is 0 Å². The number of carbonyl (C=O) groups is 2. The Morgan fingerprint density at radius 2 is 1.92 bits per heavy atom. The maximum Gasteiger partial charge on any atom is 0.309 e. The van der Waals surface area contributed by atoms with Gasteiger partial charge in [-0.3, -0.25) is 14.5 Å². The molecule has 0 aromatic heterocycles. The number of esters is 1. The lowest BCUT2D eigenvalue weighted by Gasteiger charge is -2.58. The molecule has 0 aliphatic carbocycles. The summed E-state index contributed by atoms with van der Waals surface area (Å²) >= 11 is 5.18. The smallest absolute Gasteiger partial charge is 0.309 e. The van der Waals surface area contributed by atoms with Crippen LogP contribution in [0.4, 0.5) is 0 Å². The second kappa shape index (κ2) is 6.89. The first-order chi connectivity index (χ1) is 11.4. The zero-order chi connectivity index (χ0) is 19.2. The van der Waals surface area contributed by atoms with Crippen molar-refractivity contribution in [2.45, 2.75) is 64.5 Å². The SMILES string of the molecule is CO[C@@]1(CC(=O)OC(C)(C)C)C(=O)N2C(C(C)(C)C)=C(CBr)CS[C@H]21. The van der Waals surface area contributed by atoms with E-state index in [9.17, 15) is 9.59 Å². The van der Waals surface area contributed by atoms with E-state index in [-0.39, 0.29) is 23.1 Å². The second-order valence-electron chi connectivity index (χ2n) is 8.53. The molecule has 0 bridgehead atoms. The quantitative estimate of drug-likeness (QED) is 0.384. The van der Waals surface area contributed by atoms with Gasteiger partial charge in [-0.25, -0.2) is 0 Å². The average Bonchev–Trinajstić information content (AvgIpc) is 2.47. The third-order valence-corrected chi connectivity index (χ3v) is 6.37. The van der Waals surface area contributed by atoms with Crippen LogP contribution in [0.5, 0.6) is 0 Å². The number of thioether (sulfide) groups is 1. The molecule has 0 saturated carbocycles. The van der Waals surface area contributed by atoms with Crippen LogP contribution >= 0.6 is 27.7 Å². The molecule has 2 atom stereocenters. The van der Waals surface area contributed by atoms with E-state index in [1.54, 1.807) is 11.8 Å². The van der Waals surface area contributed by atoms with Crippen LogP contribution in [0.3, 0.4) is 0 Å². The van der Waals surface area contributed by atoms with Crippen molar-refractivity contribution in [2.24, 2.45) is 5.41 Å².